The second kappa shape index (κ2) is 7.26. The Hall–Kier alpha value is -2.37. The van der Waals surface area contributed by atoms with Gasteiger partial charge in [0.05, 0.1) is 0 Å². The van der Waals surface area contributed by atoms with E-state index in [0.29, 0.717) is 11.4 Å². The van der Waals surface area contributed by atoms with Gasteiger partial charge >= 0.3 is 6.09 Å². The maximum atomic E-state index is 12.1. The van der Waals surface area contributed by atoms with Crippen LogP contribution >= 0.6 is 0 Å². The lowest BCUT2D eigenvalue weighted by atomic mass is 9.84. The number of aromatic nitrogens is 1. The zero-order valence-electron chi connectivity index (χ0n) is 14.6. The first kappa shape index (κ1) is 18.7. The van der Waals surface area contributed by atoms with Crippen LogP contribution < -0.4 is 5.73 Å². The van der Waals surface area contributed by atoms with Crippen LogP contribution in [-0.2, 0) is 4.74 Å². The molecule has 0 radical (unpaired) electrons. The number of nitrogens with zero attached hydrogens (tertiary/aromatic N) is 2. The summed E-state index contributed by atoms with van der Waals surface area (Å²) in [5.74, 6) is -0.184. The maximum Gasteiger partial charge on any atom is 0.405 e. The monoisotopic (exact) mass is 319 g/mol. The summed E-state index contributed by atoms with van der Waals surface area (Å²) in [5, 5.41) is 0. The fourth-order valence-electron chi connectivity index (χ4n) is 2.11. The third kappa shape index (κ3) is 5.39. The number of carbonyl (C=O) groups is 2. The lowest BCUT2D eigenvalue weighted by Crippen LogP contribution is -2.28. The van der Waals surface area contributed by atoms with E-state index in [1.54, 1.807) is 30.2 Å². The van der Waals surface area contributed by atoms with Crippen molar-refractivity contribution in [3.8, 4) is 0 Å². The molecular formula is C17H25N3O3. The van der Waals surface area contributed by atoms with Crippen molar-refractivity contribution >= 4 is 11.9 Å². The van der Waals surface area contributed by atoms with Gasteiger partial charge in [0.1, 0.15) is 11.8 Å². The van der Waals surface area contributed by atoms with Gasteiger partial charge in [-0.2, -0.15) is 0 Å². The van der Waals surface area contributed by atoms with Crippen molar-refractivity contribution in [3.63, 3.8) is 0 Å². The van der Waals surface area contributed by atoms with Crippen molar-refractivity contribution in [1.82, 2.24) is 9.88 Å². The first-order valence-corrected chi connectivity index (χ1v) is 7.35. The molecule has 6 heteroatoms. The van der Waals surface area contributed by atoms with Gasteiger partial charge in [0.25, 0.3) is 0 Å². The number of nitrogens with two attached hydrogens (primary N) is 1. The summed E-state index contributed by atoms with van der Waals surface area (Å²) in [6.45, 7) is 7.61. The normalized spacial score (nSPS) is 13.0. The molecule has 0 saturated carbocycles. The van der Waals surface area contributed by atoms with Gasteiger partial charge in [0.15, 0.2) is 0 Å². The van der Waals surface area contributed by atoms with Crippen LogP contribution in [0.3, 0.4) is 0 Å². The highest BCUT2D eigenvalue weighted by Gasteiger charge is 2.31. The summed E-state index contributed by atoms with van der Waals surface area (Å²) in [6.07, 6.45) is 1.76. The van der Waals surface area contributed by atoms with Gasteiger partial charge in [0, 0.05) is 43.0 Å². The van der Waals surface area contributed by atoms with Crippen LogP contribution in [0.4, 0.5) is 4.79 Å². The average molecular weight is 319 g/mol. The molecule has 1 amide bonds. The van der Waals surface area contributed by atoms with Crippen LogP contribution in [0.15, 0.2) is 24.4 Å². The van der Waals surface area contributed by atoms with E-state index in [0.717, 1.165) is 5.56 Å². The summed E-state index contributed by atoms with van der Waals surface area (Å²) in [5.41, 5.74) is 6.54. The van der Waals surface area contributed by atoms with Crippen molar-refractivity contribution in [1.29, 1.82) is 0 Å². The minimum atomic E-state index is -0.835. The number of carbonyl (C=O) groups excluding carboxylic acids is 2. The minimum Gasteiger partial charge on any atom is -0.441 e. The molecular weight excluding hydrogens is 294 g/mol. The molecule has 1 rings (SSSR count). The topological polar surface area (TPSA) is 85.5 Å². The molecule has 1 atom stereocenters. The molecule has 1 aromatic rings. The third-order valence-corrected chi connectivity index (χ3v) is 3.21. The molecule has 1 heterocycles. The Balaban J connectivity index is 3.16. The van der Waals surface area contributed by atoms with E-state index in [9.17, 15) is 9.59 Å². The summed E-state index contributed by atoms with van der Waals surface area (Å²) in [6, 6.07) is 3.39. The van der Waals surface area contributed by atoms with Crippen LogP contribution in [0, 0.1) is 12.3 Å². The zero-order chi connectivity index (χ0) is 17.8. The van der Waals surface area contributed by atoms with Crippen molar-refractivity contribution in [2.45, 2.75) is 33.8 Å². The number of ketones is 1. The predicted octanol–water partition coefficient (Wildman–Crippen LogP) is 2.83. The fourth-order valence-corrected chi connectivity index (χ4v) is 2.11. The molecule has 0 spiro atoms. The molecule has 0 bridgehead atoms. The number of rotatable bonds is 5. The standard InChI is InChI=1S/C17H25N3O3/c1-11-12(15(17(2,3)4)23-16(18)22)7-8-13(19-11)14(21)9-10-20(5)6/h7-10,15H,1-6H3,(H2,18,22)/b10-9+. The molecule has 0 aliphatic heterocycles. The second-order valence-electron chi connectivity index (χ2n) is 6.70. The molecule has 0 aromatic carbocycles. The lowest BCUT2D eigenvalue weighted by Gasteiger charge is -2.30. The Morgan fingerprint density at radius 3 is 2.35 bits per heavy atom. The summed E-state index contributed by atoms with van der Waals surface area (Å²) in [4.78, 5) is 29.4. The van der Waals surface area contributed by atoms with Gasteiger partial charge in [0.2, 0.25) is 5.78 Å². The van der Waals surface area contributed by atoms with E-state index in [1.165, 1.54) is 6.08 Å². The highest BCUT2D eigenvalue weighted by Crippen LogP contribution is 2.37. The molecule has 23 heavy (non-hydrogen) atoms. The van der Waals surface area contributed by atoms with Crippen molar-refractivity contribution in [3.05, 3.63) is 41.4 Å². The summed E-state index contributed by atoms with van der Waals surface area (Å²) >= 11 is 0. The van der Waals surface area contributed by atoms with Gasteiger partial charge < -0.3 is 15.4 Å². The SMILES string of the molecule is Cc1nc(C(=O)/C=C/N(C)C)ccc1C(OC(N)=O)C(C)(C)C. The van der Waals surface area contributed by atoms with E-state index in [4.69, 9.17) is 10.5 Å². The number of primary amides is 1. The van der Waals surface area contributed by atoms with Gasteiger partial charge in [-0.25, -0.2) is 9.78 Å². The Labute approximate surface area is 137 Å². The predicted molar refractivity (Wildman–Crippen MR) is 89.0 cm³/mol. The molecule has 0 aliphatic rings. The van der Waals surface area contributed by atoms with Gasteiger partial charge in [-0.05, 0) is 13.0 Å². The molecule has 2 N–H and O–H groups in total. The van der Waals surface area contributed by atoms with Crippen LogP contribution in [0.1, 0.15) is 48.6 Å². The number of allylic oxidation sites excluding steroid dienone is 1. The number of aryl methyl sites for hydroxylation is 1. The van der Waals surface area contributed by atoms with E-state index in [1.807, 2.05) is 34.9 Å². The smallest absolute Gasteiger partial charge is 0.405 e. The van der Waals surface area contributed by atoms with E-state index < -0.39 is 12.2 Å². The number of pyridine rings is 1. The van der Waals surface area contributed by atoms with Crippen LogP contribution in [-0.4, -0.2) is 35.9 Å². The Kier molecular flexibility index (Phi) is 5.90. The number of hydrogen-bond acceptors (Lipinski definition) is 5. The molecule has 0 fully saturated rings. The summed E-state index contributed by atoms with van der Waals surface area (Å²) < 4.78 is 5.25. The average Bonchev–Trinajstić information content (AvgIpc) is 2.41. The molecule has 1 aromatic heterocycles. The lowest BCUT2D eigenvalue weighted by molar-refractivity contribution is 0.0353. The third-order valence-electron chi connectivity index (χ3n) is 3.21. The highest BCUT2D eigenvalue weighted by atomic mass is 16.6. The van der Waals surface area contributed by atoms with Gasteiger partial charge in [-0.15, -0.1) is 0 Å². The molecule has 1 unspecified atom stereocenters. The van der Waals surface area contributed by atoms with E-state index >= 15 is 0 Å². The first-order chi connectivity index (χ1) is 10.5. The highest BCUT2D eigenvalue weighted by molar-refractivity contribution is 6.02. The van der Waals surface area contributed by atoms with Gasteiger partial charge in [-0.1, -0.05) is 26.8 Å². The van der Waals surface area contributed by atoms with Crippen molar-refractivity contribution in [2.24, 2.45) is 11.1 Å². The molecule has 126 valence electrons. The van der Waals surface area contributed by atoms with Gasteiger partial charge in [-0.3, -0.25) is 4.79 Å². The fraction of sp³-hybridized carbons (Fsp3) is 0.471. The largest absolute Gasteiger partial charge is 0.441 e. The molecule has 6 nitrogen and oxygen atoms in total. The Bertz CT molecular complexity index is 616. The zero-order valence-corrected chi connectivity index (χ0v) is 14.6. The Morgan fingerprint density at radius 1 is 1.30 bits per heavy atom. The second-order valence-corrected chi connectivity index (χ2v) is 6.70. The van der Waals surface area contributed by atoms with Crippen LogP contribution in [0.5, 0.6) is 0 Å². The summed E-state index contributed by atoms with van der Waals surface area (Å²) in [7, 11) is 3.67. The van der Waals surface area contributed by atoms with E-state index in [2.05, 4.69) is 4.98 Å². The van der Waals surface area contributed by atoms with Crippen LogP contribution in [0.25, 0.3) is 0 Å². The molecule has 0 saturated heterocycles. The van der Waals surface area contributed by atoms with Crippen LogP contribution in [0.2, 0.25) is 0 Å². The quantitative estimate of drug-likeness (QED) is 0.666. The van der Waals surface area contributed by atoms with Crippen molar-refractivity contribution < 1.29 is 14.3 Å². The van der Waals surface area contributed by atoms with E-state index in [-0.39, 0.29) is 11.2 Å². The number of ether oxygens (including phenoxy) is 1. The Morgan fingerprint density at radius 2 is 1.91 bits per heavy atom. The minimum absolute atomic E-state index is 0.184. The van der Waals surface area contributed by atoms with Crippen molar-refractivity contribution in [2.75, 3.05) is 14.1 Å². The first-order valence-electron chi connectivity index (χ1n) is 7.35. The number of amides is 1. The number of hydrogen-bond donors (Lipinski definition) is 1. The molecule has 0 aliphatic carbocycles. The maximum absolute atomic E-state index is 12.1.